The zero-order valence-electron chi connectivity index (χ0n) is 14.9. The number of guanidine groups is 1. The second-order valence-electron chi connectivity index (χ2n) is 7.21. The van der Waals surface area contributed by atoms with E-state index in [4.69, 9.17) is 4.99 Å². The minimum Gasteiger partial charge on any atom is -0.475 e. The maximum Gasteiger partial charge on any atom is 0.372 e. The molecule has 0 saturated heterocycles. The number of anilines is 1. The molecule has 2 aliphatic heterocycles. The predicted molar refractivity (Wildman–Crippen MR) is 98.2 cm³/mol. The number of nitrogens with zero attached hydrogens (tertiary/aromatic N) is 5. The van der Waals surface area contributed by atoms with Crippen LogP contribution in [0.1, 0.15) is 45.9 Å². The lowest BCUT2D eigenvalue weighted by Gasteiger charge is -2.34. The Kier molecular flexibility index (Phi) is 3.37. The molecule has 3 aliphatic rings. The average molecular weight is 365 g/mol. The Balaban J connectivity index is 1.69. The van der Waals surface area contributed by atoms with E-state index in [2.05, 4.69) is 4.98 Å². The number of aromatic carboxylic acids is 1. The highest BCUT2D eigenvalue weighted by Gasteiger charge is 2.49. The number of carbonyl (C=O) groups is 2. The van der Waals surface area contributed by atoms with Crippen LogP contribution in [0.3, 0.4) is 0 Å². The number of amides is 1. The molecule has 8 heteroatoms. The molecule has 0 spiro atoms. The fourth-order valence-corrected chi connectivity index (χ4v) is 4.38. The topological polar surface area (TPSA) is 91.0 Å². The Morgan fingerprint density at radius 3 is 2.78 bits per heavy atom. The Morgan fingerprint density at radius 1 is 1.26 bits per heavy atom. The van der Waals surface area contributed by atoms with Gasteiger partial charge in [-0.2, -0.15) is 0 Å². The van der Waals surface area contributed by atoms with Gasteiger partial charge in [0.2, 0.25) is 11.8 Å². The number of carboxylic acids is 1. The maximum absolute atomic E-state index is 13.1. The van der Waals surface area contributed by atoms with Crippen LogP contribution in [0, 0.1) is 0 Å². The summed E-state index contributed by atoms with van der Waals surface area (Å²) in [7, 11) is 1.69. The number of hydrogen-bond donors (Lipinski definition) is 1. The highest BCUT2D eigenvalue weighted by molar-refractivity contribution is 6.18. The van der Waals surface area contributed by atoms with Crippen molar-refractivity contribution in [2.75, 3.05) is 11.9 Å². The molecule has 2 aromatic rings. The summed E-state index contributed by atoms with van der Waals surface area (Å²) in [4.78, 5) is 37.6. The van der Waals surface area contributed by atoms with Crippen LogP contribution in [0.5, 0.6) is 0 Å². The van der Waals surface area contributed by atoms with E-state index in [0.717, 1.165) is 24.8 Å². The Morgan fingerprint density at radius 2 is 2.04 bits per heavy atom. The molecule has 1 N–H and O–H groups in total. The molecule has 27 heavy (non-hydrogen) atoms. The summed E-state index contributed by atoms with van der Waals surface area (Å²) in [5, 5.41) is 9.72. The predicted octanol–water partition coefficient (Wildman–Crippen LogP) is 1.81. The van der Waals surface area contributed by atoms with Gasteiger partial charge < -0.3 is 9.67 Å². The third-order valence-corrected chi connectivity index (χ3v) is 5.63. The van der Waals surface area contributed by atoms with E-state index in [1.165, 1.54) is 9.47 Å². The Bertz CT molecular complexity index is 981. The quantitative estimate of drug-likeness (QED) is 0.896. The van der Waals surface area contributed by atoms with Gasteiger partial charge in [-0.15, -0.1) is 0 Å². The summed E-state index contributed by atoms with van der Waals surface area (Å²) in [6.07, 6.45) is 3.03. The first-order chi connectivity index (χ1) is 13.1. The van der Waals surface area contributed by atoms with Gasteiger partial charge in [-0.1, -0.05) is 30.3 Å². The van der Waals surface area contributed by atoms with E-state index in [-0.39, 0.29) is 30.4 Å². The lowest BCUT2D eigenvalue weighted by molar-refractivity contribution is 0.0678. The fraction of sp³-hybridized carbons (Fsp3) is 0.368. The number of carbonyl (C=O) groups excluding carboxylic acids is 1. The van der Waals surface area contributed by atoms with Crippen molar-refractivity contribution in [3.63, 3.8) is 0 Å². The Labute approximate surface area is 155 Å². The van der Waals surface area contributed by atoms with Crippen molar-refractivity contribution in [1.29, 1.82) is 0 Å². The first-order valence-electron chi connectivity index (χ1n) is 9.09. The van der Waals surface area contributed by atoms with Crippen LogP contribution in [-0.4, -0.2) is 56.5 Å². The molecule has 1 aromatic carbocycles. The van der Waals surface area contributed by atoms with Gasteiger partial charge in [0, 0.05) is 7.05 Å². The number of fused-ring (bicyclic) bond motifs is 5. The van der Waals surface area contributed by atoms with Crippen LogP contribution >= 0.6 is 0 Å². The van der Waals surface area contributed by atoms with Gasteiger partial charge in [-0.05, 0) is 24.8 Å². The minimum atomic E-state index is -1.14. The van der Waals surface area contributed by atoms with Gasteiger partial charge in [0.25, 0.3) is 5.91 Å². The summed E-state index contributed by atoms with van der Waals surface area (Å²) < 4.78 is 1.52. The molecule has 5 rings (SSSR count). The first-order valence-corrected chi connectivity index (χ1v) is 9.09. The molecular weight excluding hydrogens is 346 g/mol. The molecule has 3 heterocycles. The number of benzene rings is 1. The summed E-state index contributed by atoms with van der Waals surface area (Å²) in [6.45, 7) is 0.277. The lowest BCUT2D eigenvalue weighted by Crippen LogP contribution is -2.51. The molecule has 1 aromatic heterocycles. The zero-order valence-corrected chi connectivity index (χ0v) is 14.9. The largest absolute Gasteiger partial charge is 0.475 e. The number of hydrogen-bond acceptors (Lipinski definition) is 5. The van der Waals surface area contributed by atoms with Gasteiger partial charge in [-0.25, -0.2) is 14.8 Å². The number of rotatable bonds is 3. The lowest BCUT2D eigenvalue weighted by atomic mass is 10.1. The smallest absolute Gasteiger partial charge is 0.372 e. The third kappa shape index (κ3) is 2.22. The zero-order chi connectivity index (χ0) is 18.7. The maximum atomic E-state index is 13.1. The molecule has 1 aliphatic carbocycles. The minimum absolute atomic E-state index is 0.117. The van der Waals surface area contributed by atoms with Gasteiger partial charge in [0.15, 0.2) is 11.5 Å². The van der Waals surface area contributed by atoms with Gasteiger partial charge in [0.1, 0.15) is 0 Å². The monoisotopic (exact) mass is 365 g/mol. The third-order valence-electron chi connectivity index (χ3n) is 5.63. The van der Waals surface area contributed by atoms with Gasteiger partial charge in [-0.3, -0.25) is 14.6 Å². The standard InChI is InChI=1S/C19H19N5O3/c1-22-17(25)14-15(24-13-9-5-8-12(13)20-19(22)24)21-16(18(26)27)23(14)10-11-6-3-2-4-7-11/h2-4,6-7,12-13H,5,8-10H2,1H3,(H,26,27)/t12-,13+/m1/s1. The van der Waals surface area contributed by atoms with Crippen LogP contribution < -0.4 is 4.90 Å². The second kappa shape index (κ2) is 5.67. The molecule has 1 fully saturated rings. The van der Waals surface area contributed by atoms with E-state index in [9.17, 15) is 14.7 Å². The van der Waals surface area contributed by atoms with Crippen molar-refractivity contribution < 1.29 is 14.7 Å². The number of imidazole rings is 1. The van der Waals surface area contributed by atoms with Crippen molar-refractivity contribution in [3.05, 3.63) is 47.4 Å². The molecule has 2 atom stereocenters. The number of aliphatic imine (C=N–C) groups is 1. The first kappa shape index (κ1) is 16.0. The van der Waals surface area contributed by atoms with Crippen molar-refractivity contribution in [2.45, 2.75) is 37.9 Å². The van der Waals surface area contributed by atoms with Gasteiger partial charge in [0.05, 0.1) is 18.6 Å². The average Bonchev–Trinajstić information content (AvgIpc) is 3.33. The van der Waals surface area contributed by atoms with E-state index in [1.54, 1.807) is 7.05 Å². The van der Waals surface area contributed by atoms with E-state index in [1.807, 2.05) is 35.2 Å². The van der Waals surface area contributed by atoms with Crippen LogP contribution in [-0.2, 0) is 6.54 Å². The second-order valence-corrected chi connectivity index (χ2v) is 7.21. The molecular formula is C19H19N5O3. The van der Waals surface area contributed by atoms with Crippen molar-refractivity contribution in [1.82, 2.24) is 14.5 Å². The molecule has 1 amide bonds. The van der Waals surface area contributed by atoms with Crippen LogP contribution in [0.25, 0.3) is 0 Å². The highest BCUT2D eigenvalue weighted by Crippen LogP contribution is 2.40. The summed E-state index contributed by atoms with van der Waals surface area (Å²) in [5.41, 5.74) is 1.24. The van der Waals surface area contributed by atoms with Crippen molar-refractivity contribution in [3.8, 4) is 0 Å². The fourth-order valence-electron chi connectivity index (χ4n) is 4.38. The molecule has 0 unspecified atom stereocenters. The van der Waals surface area contributed by atoms with Crippen molar-refractivity contribution >= 4 is 23.7 Å². The van der Waals surface area contributed by atoms with Crippen LogP contribution in [0.4, 0.5) is 5.82 Å². The number of carboxylic acid groups (broad SMARTS) is 1. The number of aromatic nitrogens is 2. The highest BCUT2D eigenvalue weighted by atomic mass is 16.4. The van der Waals surface area contributed by atoms with E-state index < -0.39 is 5.97 Å². The summed E-state index contributed by atoms with van der Waals surface area (Å²) in [6, 6.07) is 9.79. The van der Waals surface area contributed by atoms with Crippen LogP contribution in [0.2, 0.25) is 0 Å². The SMILES string of the molecule is CN1C(=O)c2c(nc(C(=O)O)n2Cc2ccccc2)N2C1=N[C@@H]1CCC[C@@H]12. The van der Waals surface area contributed by atoms with E-state index >= 15 is 0 Å². The molecule has 0 radical (unpaired) electrons. The molecule has 138 valence electrons. The van der Waals surface area contributed by atoms with Gasteiger partial charge >= 0.3 is 5.97 Å². The molecule has 0 bridgehead atoms. The molecule has 1 saturated carbocycles. The normalized spacial score (nSPS) is 23.1. The molecule has 8 nitrogen and oxygen atoms in total. The summed E-state index contributed by atoms with van der Waals surface area (Å²) in [5.74, 6) is -0.510. The van der Waals surface area contributed by atoms with Crippen molar-refractivity contribution in [2.24, 2.45) is 4.99 Å². The summed E-state index contributed by atoms with van der Waals surface area (Å²) >= 11 is 0. The van der Waals surface area contributed by atoms with E-state index in [0.29, 0.717) is 17.5 Å². The Hall–Kier alpha value is -3.16. The van der Waals surface area contributed by atoms with Crippen LogP contribution in [0.15, 0.2) is 35.3 Å².